The average molecular weight is 742 g/mol. The molecule has 0 saturated carbocycles. The van der Waals surface area contributed by atoms with Gasteiger partial charge in [-0.15, -0.1) is 0 Å². The minimum atomic E-state index is -1.44. The molecule has 7 atom stereocenters. The number of aliphatic hydroxyl groups is 5. The predicted octanol–water partition coefficient (Wildman–Crippen LogP) is 8.01. The second kappa shape index (κ2) is 30.6. The Morgan fingerprint density at radius 1 is 0.712 bits per heavy atom. The Morgan fingerprint density at radius 3 is 1.79 bits per heavy atom. The number of ether oxygens (including phenoxy) is 3. The summed E-state index contributed by atoms with van der Waals surface area (Å²) in [4.78, 5) is 0. The van der Waals surface area contributed by atoms with Crippen LogP contribution in [0.25, 0.3) is 0 Å². The Kier molecular flexibility index (Phi) is 28.0. The van der Waals surface area contributed by atoms with Gasteiger partial charge in [0, 0.05) is 0 Å². The van der Waals surface area contributed by atoms with Gasteiger partial charge in [0.05, 0.1) is 38.1 Å². The number of unbranched alkanes of at least 4 members (excludes halogenated alkanes) is 19. The van der Waals surface area contributed by atoms with Gasteiger partial charge < -0.3 is 45.5 Å². The largest absolute Gasteiger partial charge is 0.394 e. The lowest BCUT2D eigenvalue weighted by atomic mass is 9.89. The third-order valence-corrected chi connectivity index (χ3v) is 11.4. The van der Waals surface area contributed by atoms with E-state index < -0.39 is 43.4 Å². The molecule has 9 heteroatoms. The first kappa shape index (κ1) is 47.5. The van der Waals surface area contributed by atoms with Crippen molar-refractivity contribution < 1.29 is 39.7 Å². The zero-order chi connectivity index (χ0) is 37.7. The molecule has 308 valence electrons. The van der Waals surface area contributed by atoms with Gasteiger partial charge in [0.2, 0.25) is 0 Å². The van der Waals surface area contributed by atoms with Crippen LogP contribution in [0.4, 0.5) is 0 Å². The third kappa shape index (κ3) is 22.1. The number of allylic oxidation sites excluding steroid dienone is 2. The molecule has 2 heterocycles. The topological polar surface area (TPSA) is 155 Å². The highest BCUT2D eigenvalue weighted by Crippen LogP contribution is 2.25. The monoisotopic (exact) mass is 742 g/mol. The molecule has 0 aromatic rings. The number of rotatable bonds is 30. The van der Waals surface area contributed by atoms with E-state index in [0.717, 1.165) is 44.8 Å². The lowest BCUT2D eigenvalue weighted by molar-refractivity contribution is -0.301. The summed E-state index contributed by atoms with van der Waals surface area (Å²) < 4.78 is 15.9. The summed E-state index contributed by atoms with van der Waals surface area (Å²) in [5.74, 6) is 0.995. The summed E-state index contributed by atoms with van der Waals surface area (Å²) in [7, 11) is 0. The number of hydrogen-bond acceptors (Lipinski definition) is 9. The van der Waals surface area contributed by atoms with E-state index in [1.807, 2.05) is 0 Å². The van der Waals surface area contributed by atoms with E-state index >= 15 is 0 Å². The maximum atomic E-state index is 10.1. The molecule has 3 rings (SSSR count). The quantitative estimate of drug-likeness (QED) is 0.0317. The summed E-state index contributed by atoms with van der Waals surface area (Å²) in [5.41, 5.74) is 6.17. The molecule has 52 heavy (non-hydrogen) atoms. The standard InChI is InChI=1S/C24H48O7.C19H35NO/c1-2-3-4-5-6-7-8-9-10-11-12-13-14-15-19(26)16-17-30-24-23(29)22(28)21(27)20(18-25)31-24;20-19(16-21-17-19)15-11-6-4-2-1-3-5-8-12-18-13-9-7-10-14-18/h19-29H,2-18H2,1H3;7,9,18H,1-6,8,10-17,20H2. The lowest BCUT2D eigenvalue weighted by Crippen LogP contribution is -2.59. The van der Waals surface area contributed by atoms with Crippen LogP contribution in [0.3, 0.4) is 0 Å². The zero-order valence-electron chi connectivity index (χ0n) is 33.4. The molecule has 0 amide bonds. The summed E-state index contributed by atoms with van der Waals surface area (Å²) in [6.07, 6.45) is 33.8. The summed E-state index contributed by atoms with van der Waals surface area (Å²) in [6.45, 7) is 3.51. The molecule has 1 aliphatic carbocycles. The minimum Gasteiger partial charge on any atom is -0.394 e. The fourth-order valence-corrected chi connectivity index (χ4v) is 7.67. The van der Waals surface area contributed by atoms with Crippen LogP contribution in [-0.2, 0) is 14.2 Å². The minimum absolute atomic E-state index is 0.0360. The molecule has 2 fully saturated rings. The van der Waals surface area contributed by atoms with Crippen LogP contribution in [-0.4, -0.2) is 94.3 Å². The third-order valence-electron chi connectivity index (χ3n) is 11.4. The summed E-state index contributed by atoms with van der Waals surface area (Å²) >= 11 is 0. The van der Waals surface area contributed by atoms with Crippen molar-refractivity contribution >= 4 is 0 Å². The van der Waals surface area contributed by atoms with Crippen LogP contribution in [0.1, 0.15) is 187 Å². The SMILES string of the molecule is CCCCCCCCCCCCCCCC(O)CCOC1OC(CO)C(O)C(O)C1O.NC1(CCCCCCCCCCC2CC=CCC2)COC1. The Morgan fingerprint density at radius 2 is 1.27 bits per heavy atom. The van der Waals surface area contributed by atoms with E-state index in [4.69, 9.17) is 19.9 Å². The van der Waals surface area contributed by atoms with E-state index in [0.29, 0.717) is 6.42 Å². The molecule has 2 aliphatic heterocycles. The Hall–Kier alpha value is -0.620. The first-order valence-electron chi connectivity index (χ1n) is 21.9. The van der Waals surface area contributed by atoms with Crippen LogP contribution < -0.4 is 5.73 Å². The second-order valence-corrected chi connectivity index (χ2v) is 16.4. The van der Waals surface area contributed by atoms with Crippen molar-refractivity contribution in [2.75, 3.05) is 26.4 Å². The Labute approximate surface area is 318 Å². The fourth-order valence-electron chi connectivity index (χ4n) is 7.67. The van der Waals surface area contributed by atoms with E-state index in [9.17, 15) is 25.5 Å². The first-order valence-corrected chi connectivity index (χ1v) is 21.9. The smallest absolute Gasteiger partial charge is 0.186 e. The van der Waals surface area contributed by atoms with E-state index in [1.165, 1.54) is 148 Å². The number of hydrogen-bond donors (Lipinski definition) is 6. The molecule has 0 spiro atoms. The van der Waals surface area contributed by atoms with E-state index in [-0.39, 0.29) is 12.1 Å². The Balaban J connectivity index is 0.000000386. The van der Waals surface area contributed by atoms with Gasteiger partial charge in [0.25, 0.3) is 0 Å². The molecule has 3 aliphatic rings. The van der Waals surface area contributed by atoms with Crippen LogP contribution >= 0.6 is 0 Å². The lowest BCUT2D eigenvalue weighted by Gasteiger charge is -2.39. The molecule has 7 unspecified atom stereocenters. The van der Waals surface area contributed by atoms with Gasteiger partial charge in [-0.2, -0.15) is 0 Å². The van der Waals surface area contributed by atoms with Crippen molar-refractivity contribution in [3.8, 4) is 0 Å². The highest BCUT2D eigenvalue weighted by Gasteiger charge is 2.44. The molecule has 0 radical (unpaired) electrons. The van der Waals surface area contributed by atoms with Gasteiger partial charge in [-0.1, -0.05) is 160 Å². The van der Waals surface area contributed by atoms with Crippen molar-refractivity contribution in [3.05, 3.63) is 12.2 Å². The van der Waals surface area contributed by atoms with Crippen LogP contribution in [0, 0.1) is 5.92 Å². The maximum absolute atomic E-state index is 10.1. The zero-order valence-corrected chi connectivity index (χ0v) is 33.4. The molecule has 9 nitrogen and oxygen atoms in total. The van der Waals surface area contributed by atoms with Gasteiger partial charge in [-0.25, -0.2) is 0 Å². The van der Waals surface area contributed by atoms with E-state index in [1.54, 1.807) is 0 Å². The summed E-state index contributed by atoms with van der Waals surface area (Å²) in [6, 6.07) is 0. The van der Waals surface area contributed by atoms with Crippen molar-refractivity contribution in [3.63, 3.8) is 0 Å². The predicted molar refractivity (Wildman–Crippen MR) is 211 cm³/mol. The number of nitrogens with two attached hydrogens (primary N) is 1. The summed E-state index contributed by atoms with van der Waals surface area (Å²) in [5, 5.41) is 48.7. The molecular formula is C43H83NO8. The highest BCUT2D eigenvalue weighted by molar-refractivity contribution is 4.91. The van der Waals surface area contributed by atoms with Crippen LogP contribution in [0.5, 0.6) is 0 Å². The number of aliphatic hydroxyl groups excluding tert-OH is 5. The molecule has 0 aromatic heterocycles. The maximum Gasteiger partial charge on any atom is 0.186 e. The van der Waals surface area contributed by atoms with Gasteiger partial charge in [-0.3, -0.25) is 0 Å². The van der Waals surface area contributed by atoms with Gasteiger partial charge >= 0.3 is 0 Å². The second-order valence-electron chi connectivity index (χ2n) is 16.4. The molecular weight excluding hydrogens is 658 g/mol. The van der Waals surface area contributed by atoms with Crippen molar-refractivity contribution in [1.82, 2.24) is 0 Å². The van der Waals surface area contributed by atoms with E-state index in [2.05, 4.69) is 19.1 Å². The molecule has 2 saturated heterocycles. The van der Waals surface area contributed by atoms with Crippen molar-refractivity contribution in [1.29, 1.82) is 0 Å². The van der Waals surface area contributed by atoms with Gasteiger partial charge in [0.1, 0.15) is 24.4 Å². The fraction of sp³-hybridized carbons (Fsp3) is 0.953. The van der Waals surface area contributed by atoms with Crippen molar-refractivity contribution in [2.24, 2.45) is 11.7 Å². The molecule has 0 bridgehead atoms. The van der Waals surface area contributed by atoms with Gasteiger partial charge in [-0.05, 0) is 44.4 Å². The highest BCUT2D eigenvalue weighted by atomic mass is 16.7. The first-order chi connectivity index (χ1) is 25.3. The average Bonchev–Trinajstić information content (AvgIpc) is 3.14. The molecule has 0 aromatic carbocycles. The molecule has 7 N–H and O–H groups in total. The Bertz CT molecular complexity index is 840. The van der Waals surface area contributed by atoms with Crippen LogP contribution in [0.15, 0.2) is 12.2 Å². The van der Waals surface area contributed by atoms with Crippen molar-refractivity contribution in [2.45, 2.75) is 229 Å². The van der Waals surface area contributed by atoms with Gasteiger partial charge in [0.15, 0.2) is 6.29 Å². The normalized spacial score (nSPS) is 26.1. The van der Waals surface area contributed by atoms with Crippen LogP contribution in [0.2, 0.25) is 0 Å².